The van der Waals surface area contributed by atoms with Gasteiger partial charge >= 0.3 is 5.97 Å². The van der Waals surface area contributed by atoms with Gasteiger partial charge in [-0.2, -0.15) is 0 Å². The van der Waals surface area contributed by atoms with Gasteiger partial charge in [0.05, 0.1) is 13.0 Å². The first kappa shape index (κ1) is 14.8. The van der Waals surface area contributed by atoms with Crippen LogP contribution in [0.1, 0.15) is 18.9 Å². The van der Waals surface area contributed by atoms with Crippen LogP contribution in [0.5, 0.6) is 17.4 Å². The predicted molar refractivity (Wildman–Crippen MR) is 77.9 cm³/mol. The van der Waals surface area contributed by atoms with Crippen LogP contribution in [-0.4, -0.2) is 22.7 Å². The molecule has 1 aromatic carbocycles. The summed E-state index contributed by atoms with van der Waals surface area (Å²) in [6.45, 7) is 2.58. The highest BCUT2D eigenvalue weighted by Gasteiger charge is 2.12. The summed E-state index contributed by atoms with van der Waals surface area (Å²) in [5, 5.41) is 8.93. The monoisotopic (exact) mass is 287 g/mol. The van der Waals surface area contributed by atoms with Crippen molar-refractivity contribution in [3.63, 3.8) is 0 Å². The Morgan fingerprint density at radius 3 is 2.71 bits per heavy atom. The molecule has 21 heavy (non-hydrogen) atoms. The van der Waals surface area contributed by atoms with Gasteiger partial charge in [-0.1, -0.05) is 25.1 Å². The lowest BCUT2D eigenvalue weighted by atomic mass is 10.1. The average molecular weight is 287 g/mol. The lowest BCUT2D eigenvalue weighted by Gasteiger charge is -2.12. The molecule has 0 fully saturated rings. The zero-order valence-electron chi connectivity index (χ0n) is 11.8. The number of hydrogen-bond donors (Lipinski definition) is 1. The van der Waals surface area contributed by atoms with Gasteiger partial charge < -0.3 is 14.6 Å². The molecule has 5 heteroatoms. The number of para-hydroxylation sites is 1. The normalized spacial score (nSPS) is 10.1. The number of aliphatic carboxylic acids is 1. The summed E-state index contributed by atoms with van der Waals surface area (Å²) in [5.41, 5.74) is 0.595. The Morgan fingerprint density at radius 1 is 1.19 bits per heavy atom. The van der Waals surface area contributed by atoms with Crippen molar-refractivity contribution in [3.8, 4) is 17.4 Å². The third-order valence-electron chi connectivity index (χ3n) is 2.72. The number of pyridine rings is 1. The minimum absolute atomic E-state index is 0.103. The van der Waals surface area contributed by atoms with Crippen molar-refractivity contribution in [2.24, 2.45) is 0 Å². The molecule has 0 unspecified atom stereocenters. The van der Waals surface area contributed by atoms with Crippen LogP contribution in [0.25, 0.3) is 0 Å². The standard InChI is InChI=1S/C16H17NO4/c1-2-10-20-14-8-5-9-17-16(14)21-13-7-4-3-6-12(13)11-15(18)19/h3-9H,2,10-11H2,1H3,(H,18,19). The van der Waals surface area contributed by atoms with Crippen molar-refractivity contribution < 1.29 is 19.4 Å². The molecule has 0 saturated carbocycles. The third kappa shape index (κ3) is 4.21. The van der Waals surface area contributed by atoms with E-state index < -0.39 is 5.97 Å². The van der Waals surface area contributed by atoms with Crippen LogP contribution in [0.2, 0.25) is 0 Å². The summed E-state index contributed by atoms with van der Waals surface area (Å²) in [7, 11) is 0. The molecule has 0 radical (unpaired) electrons. The molecule has 1 heterocycles. The summed E-state index contributed by atoms with van der Waals surface area (Å²) in [6.07, 6.45) is 2.38. The summed E-state index contributed by atoms with van der Waals surface area (Å²) < 4.78 is 11.3. The summed E-state index contributed by atoms with van der Waals surface area (Å²) in [4.78, 5) is 15.0. The van der Waals surface area contributed by atoms with Gasteiger partial charge in [0.25, 0.3) is 5.88 Å². The van der Waals surface area contributed by atoms with Gasteiger partial charge in [0.15, 0.2) is 5.75 Å². The summed E-state index contributed by atoms with van der Waals surface area (Å²) in [5.74, 6) is 0.447. The Hall–Kier alpha value is -2.56. The number of hydrogen-bond acceptors (Lipinski definition) is 4. The maximum Gasteiger partial charge on any atom is 0.307 e. The molecule has 2 aromatic rings. The molecule has 0 atom stereocenters. The van der Waals surface area contributed by atoms with E-state index in [1.807, 2.05) is 6.92 Å². The molecule has 0 aliphatic carbocycles. The Bertz CT molecular complexity index is 613. The molecule has 110 valence electrons. The predicted octanol–water partition coefficient (Wildman–Crippen LogP) is 3.29. The number of benzene rings is 1. The van der Waals surface area contributed by atoms with Crippen LogP contribution in [-0.2, 0) is 11.2 Å². The first-order valence-electron chi connectivity index (χ1n) is 6.76. The van der Waals surface area contributed by atoms with Crippen molar-refractivity contribution in [2.45, 2.75) is 19.8 Å². The van der Waals surface area contributed by atoms with Gasteiger partial charge in [0.2, 0.25) is 0 Å². The van der Waals surface area contributed by atoms with Gasteiger partial charge in [0, 0.05) is 11.8 Å². The molecule has 0 amide bonds. The van der Waals surface area contributed by atoms with E-state index in [0.29, 0.717) is 29.5 Å². The van der Waals surface area contributed by atoms with Crippen molar-refractivity contribution in [1.29, 1.82) is 0 Å². The van der Waals surface area contributed by atoms with E-state index in [1.165, 1.54) is 0 Å². The molecule has 2 rings (SSSR count). The lowest BCUT2D eigenvalue weighted by molar-refractivity contribution is -0.136. The van der Waals surface area contributed by atoms with Gasteiger partial charge in [-0.05, 0) is 24.6 Å². The minimum atomic E-state index is -0.908. The second-order valence-electron chi connectivity index (χ2n) is 4.44. The fourth-order valence-electron chi connectivity index (χ4n) is 1.79. The first-order valence-corrected chi connectivity index (χ1v) is 6.76. The highest BCUT2D eigenvalue weighted by molar-refractivity contribution is 5.71. The van der Waals surface area contributed by atoms with E-state index >= 15 is 0 Å². The number of nitrogens with zero attached hydrogens (tertiary/aromatic N) is 1. The number of carboxylic acid groups (broad SMARTS) is 1. The molecule has 0 aliphatic heterocycles. The Balaban J connectivity index is 2.24. The van der Waals surface area contributed by atoms with Gasteiger partial charge in [-0.3, -0.25) is 4.79 Å². The molecule has 0 bridgehead atoms. The van der Waals surface area contributed by atoms with Crippen LogP contribution in [0.15, 0.2) is 42.6 Å². The Kier molecular flexibility index (Phi) is 5.15. The zero-order chi connectivity index (χ0) is 15.1. The van der Waals surface area contributed by atoms with Crippen molar-refractivity contribution in [3.05, 3.63) is 48.2 Å². The van der Waals surface area contributed by atoms with Crippen molar-refractivity contribution in [1.82, 2.24) is 4.98 Å². The number of carbonyl (C=O) groups is 1. The van der Waals surface area contributed by atoms with E-state index in [9.17, 15) is 4.79 Å². The highest BCUT2D eigenvalue weighted by Crippen LogP contribution is 2.31. The molecule has 0 aliphatic rings. The molecule has 0 saturated heterocycles. The highest BCUT2D eigenvalue weighted by atomic mass is 16.5. The van der Waals surface area contributed by atoms with E-state index in [0.717, 1.165) is 6.42 Å². The van der Waals surface area contributed by atoms with Crippen molar-refractivity contribution >= 4 is 5.97 Å². The molecular weight excluding hydrogens is 270 g/mol. The lowest BCUT2D eigenvalue weighted by Crippen LogP contribution is -2.03. The molecular formula is C16H17NO4. The smallest absolute Gasteiger partial charge is 0.307 e. The number of aromatic nitrogens is 1. The van der Waals surface area contributed by atoms with Crippen LogP contribution in [0.3, 0.4) is 0 Å². The topological polar surface area (TPSA) is 68.7 Å². The van der Waals surface area contributed by atoms with Crippen LogP contribution in [0.4, 0.5) is 0 Å². The number of rotatable bonds is 7. The Labute approximate surface area is 123 Å². The molecule has 5 nitrogen and oxygen atoms in total. The SMILES string of the molecule is CCCOc1cccnc1Oc1ccccc1CC(=O)O. The van der Waals surface area contributed by atoms with Crippen LogP contribution >= 0.6 is 0 Å². The maximum atomic E-state index is 10.9. The first-order chi connectivity index (χ1) is 10.2. The zero-order valence-corrected chi connectivity index (χ0v) is 11.8. The largest absolute Gasteiger partial charge is 0.488 e. The number of ether oxygens (including phenoxy) is 2. The summed E-state index contributed by atoms with van der Waals surface area (Å²) >= 11 is 0. The van der Waals surface area contributed by atoms with E-state index in [4.69, 9.17) is 14.6 Å². The third-order valence-corrected chi connectivity index (χ3v) is 2.72. The van der Waals surface area contributed by atoms with E-state index in [-0.39, 0.29) is 6.42 Å². The molecule has 1 N–H and O–H groups in total. The van der Waals surface area contributed by atoms with Crippen LogP contribution in [0, 0.1) is 0 Å². The van der Waals surface area contributed by atoms with E-state index in [1.54, 1.807) is 42.6 Å². The number of carboxylic acids is 1. The second-order valence-corrected chi connectivity index (χ2v) is 4.44. The minimum Gasteiger partial charge on any atom is -0.488 e. The quantitative estimate of drug-likeness (QED) is 0.846. The van der Waals surface area contributed by atoms with Gasteiger partial charge in [-0.15, -0.1) is 0 Å². The second kappa shape index (κ2) is 7.28. The average Bonchev–Trinajstić information content (AvgIpc) is 2.48. The summed E-state index contributed by atoms with van der Waals surface area (Å²) in [6, 6.07) is 10.5. The van der Waals surface area contributed by atoms with Crippen molar-refractivity contribution in [2.75, 3.05) is 6.61 Å². The fourth-order valence-corrected chi connectivity index (χ4v) is 1.79. The van der Waals surface area contributed by atoms with E-state index in [2.05, 4.69) is 4.98 Å². The van der Waals surface area contributed by atoms with Crippen LogP contribution < -0.4 is 9.47 Å². The molecule has 1 aromatic heterocycles. The Morgan fingerprint density at radius 2 is 1.95 bits per heavy atom. The fraction of sp³-hybridized carbons (Fsp3) is 0.250. The molecule has 0 spiro atoms. The maximum absolute atomic E-state index is 10.9. The van der Waals surface area contributed by atoms with Gasteiger partial charge in [0.1, 0.15) is 5.75 Å². The van der Waals surface area contributed by atoms with Gasteiger partial charge in [-0.25, -0.2) is 4.98 Å².